The van der Waals surface area contributed by atoms with Crippen LogP contribution in [0.3, 0.4) is 0 Å². The Morgan fingerprint density at radius 3 is 2.54 bits per heavy atom. The van der Waals surface area contributed by atoms with E-state index in [0.29, 0.717) is 0 Å². The molecule has 0 unspecified atom stereocenters. The molecule has 0 aromatic carbocycles. The minimum absolute atomic E-state index is 0.166. The summed E-state index contributed by atoms with van der Waals surface area (Å²) < 4.78 is 0. The number of aliphatic hydroxyl groups is 1. The molecule has 0 aromatic rings. The topological polar surface area (TPSA) is 20.2 Å². The molecular formula is C11H19ClO. The predicted molar refractivity (Wildman–Crippen MR) is 57.0 cm³/mol. The summed E-state index contributed by atoms with van der Waals surface area (Å²) in [5.41, 5.74) is 1.24. The van der Waals surface area contributed by atoms with Crippen LogP contribution >= 0.6 is 11.6 Å². The SMILES string of the molecule is CC(C)[C@@H](O)[C@H](Cl)C1=CCCCC1. The average molecular weight is 203 g/mol. The molecule has 1 N–H and O–H groups in total. The number of allylic oxidation sites excluding steroid dienone is 1. The third-order valence-electron chi connectivity index (χ3n) is 2.66. The lowest BCUT2D eigenvalue weighted by atomic mass is 9.91. The van der Waals surface area contributed by atoms with Gasteiger partial charge in [0.25, 0.3) is 0 Å². The average Bonchev–Trinajstić information content (AvgIpc) is 2.17. The second kappa shape index (κ2) is 5.02. The van der Waals surface area contributed by atoms with Crippen molar-refractivity contribution >= 4 is 11.6 Å². The zero-order valence-electron chi connectivity index (χ0n) is 8.46. The first-order valence-electron chi connectivity index (χ1n) is 5.14. The largest absolute Gasteiger partial charge is 0.391 e. The normalized spacial score (nSPS) is 22.7. The minimum Gasteiger partial charge on any atom is -0.391 e. The summed E-state index contributed by atoms with van der Waals surface area (Å²) >= 11 is 6.19. The molecule has 1 nitrogen and oxygen atoms in total. The quantitative estimate of drug-likeness (QED) is 0.551. The van der Waals surface area contributed by atoms with Gasteiger partial charge in [-0.05, 0) is 31.6 Å². The van der Waals surface area contributed by atoms with Crippen molar-refractivity contribution in [1.82, 2.24) is 0 Å². The summed E-state index contributed by atoms with van der Waals surface area (Å²) in [4.78, 5) is 0. The number of hydrogen-bond acceptors (Lipinski definition) is 1. The monoisotopic (exact) mass is 202 g/mol. The summed E-state index contributed by atoms with van der Waals surface area (Å²) in [5, 5.41) is 9.61. The molecule has 0 amide bonds. The van der Waals surface area contributed by atoms with Gasteiger partial charge in [0.05, 0.1) is 11.5 Å². The van der Waals surface area contributed by atoms with Gasteiger partial charge in [0.1, 0.15) is 0 Å². The van der Waals surface area contributed by atoms with E-state index in [-0.39, 0.29) is 11.3 Å². The Kier molecular flexibility index (Phi) is 4.27. The van der Waals surface area contributed by atoms with Gasteiger partial charge in [0, 0.05) is 0 Å². The summed E-state index contributed by atoms with van der Waals surface area (Å²) in [6.45, 7) is 4.01. The van der Waals surface area contributed by atoms with Gasteiger partial charge in [0.2, 0.25) is 0 Å². The summed E-state index contributed by atoms with van der Waals surface area (Å²) in [5.74, 6) is 0.241. The van der Waals surface area contributed by atoms with E-state index >= 15 is 0 Å². The Hall–Kier alpha value is -0.0100. The van der Waals surface area contributed by atoms with Crippen molar-refractivity contribution in [1.29, 1.82) is 0 Å². The molecule has 1 aliphatic carbocycles. The zero-order chi connectivity index (χ0) is 9.84. The van der Waals surface area contributed by atoms with Crippen LogP contribution in [0, 0.1) is 5.92 Å². The van der Waals surface area contributed by atoms with Crippen molar-refractivity contribution in [2.24, 2.45) is 5.92 Å². The molecule has 13 heavy (non-hydrogen) atoms. The van der Waals surface area contributed by atoms with Gasteiger partial charge < -0.3 is 5.11 Å². The lowest BCUT2D eigenvalue weighted by molar-refractivity contribution is 0.127. The molecule has 2 atom stereocenters. The van der Waals surface area contributed by atoms with Crippen LogP contribution in [-0.4, -0.2) is 16.6 Å². The van der Waals surface area contributed by atoms with Crippen molar-refractivity contribution in [2.75, 3.05) is 0 Å². The van der Waals surface area contributed by atoms with Crippen molar-refractivity contribution < 1.29 is 5.11 Å². The molecule has 2 heteroatoms. The van der Waals surface area contributed by atoms with Gasteiger partial charge in [-0.1, -0.05) is 25.5 Å². The number of halogens is 1. The third kappa shape index (κ3) is 2.99. The van der Waals surface area contributed by atoms with Gasteiger partial charge in [-0.15, -0.1) is 11.6 Å². The van der Waals surface area contributed by atoms with E-state index in [0.717, 1.165) is 12.8 Å². The van der Waals surface area contributed by atoms with Gasteiger partial charge in [-0.25, -0.2) is 0 Å². The van der Waals surface area contributed by atoms with E-state index in [2.05, 4.69) is 6.08 Å². The molecular weight excluding hydrogens is 184 g/mol. The number of aliphatic hydroxyl groups excluding tert-OH is 1. The number of rotatable bonds is 3. The van der Waals surface area contributed by atoms with E-state index in [1.54, 1.807) is 0 Å². The highest BCUT2D eigenvalue weighted by Gasteiger charge is 2.23. The van der Waals surface area contributed by atoms with Crippen molar-refractivity contribution in [2.45, 2.75) is 51.0 Å². The minimum atomic E-state index is -0.397. The highest BCUT2D eigenvalue weighted by atomic mass is 35.5. The fourth-order valence-corrected chi connectivity index (χ4v) is 2.16. The Morgan fingerprint density at radius 2 is 2.08 bits per heavy atom. The van der Waals surface area contributed by atoms with E-state index < -0.39 is 6.10 Å². The fraction of sp³-hybridized carbons (Fsp3) is 0.818. The molecule has 0 saturated carbocycles. The molecule has 0 saturated heterocycles. The predicted octanol–water partition coefficient (Wildman–Crippen LogP) is 3.11. The van der Waals surface area contributed by atoms with E-state index in [4.69, 9.17) is 11.6 Å². The molecule has 1 aliphatic rings. The standard InChI is InChI=1S/C11H19ClO/c1-8(2)11(13)10(12)9-6-4-3-5-7-9/h6,8,10-11,13H,3-5,7H2,1-2H3/t10-,11-/m1/s1. The molecule has 0 radical (unpaired) electrons. The van der Waals surface area contributed by atoms with Crippen molar-refractivity contribution in [3.05, 3.63) is 11.6 Å². The Labute approximate surface area is 85.8 Å². The van der Waals surface area contributed by atoms with Crippen molar-refractivity contribution in [3.63, 3.8) is 0 Å². The number of alkyl halides is 1. The summed E-state index contributed by atoms with van der Waals surface area (Å²) in [7, 11) is 0. The van der Waals surface area contributed by atoms with Crippen LogP contribution in [0.1, 0.15) is 39.5 Å². The van der Waals surface area contributed by atoms with Crippen LogP contribution in [0.4, 0.5) is 0 Å². The molecule has 0 bridgehead atoms. The first-order valence-corrected chi connectivity index (χ1v) is 5.57. The summed E-state index contributed by atoms with van der Waals surface area (Å²) in [6.07, 6.45) is 6.49. The van der Waals surface area contributed by atoms with E-state index in [1.807, 2.05) is 13.8 Å². The zero-order valence-corrected chi connectivity index (χ0v) is 9.22. The Balaban J connectivity index is 2.54. The first kappa shape index (κ1) is 11.1. The van der Waals surface area contributed by atoms with Gasteiger partial charge in [-0.2, -0.15) is 0 Å². The first-order chi connectivity index (χ1) is 6.13. The van der Waals surface area contributed by atoms with Gasteiger partial charge in [-0.3, -0.25) is 0 Å². The molecule has 0 spiro atoms. The van der Waals surface area contributed by atoms with Crippen LogP contribution in [-0.2, 0) is 0 Å². The molecule has 0 heterocycles. The molecule has 76 valence electrons. The fourth-order valence-electron chi connectivity index (χ4n) is 1.67. The molecule has 0 aliphatic heterocycles. The third-order valence-corrected chi connectivity index (χ3v) is 3.20. The van der Waals surface area contributed by atoms with Crippen LogP contribution in [0.15, 0.2) is 11.6 Å². The van der Waals surface area contributed by atoms with E-state index in [9.17, 15) is 5.11 Å². The molecule has 0 aromatic heterocycles. The maximum absolute atomic E-state index is 9.77. The van der Waals surface area contributed by atoms with Crippen LogP contribution in [0.2, 0.25) is 0 Å². The lowest BCUT2D eigenvalue weighted by Gasteiger charge is -2.24. The van der Waals surface area contributed by atoms with Gasteiger partial charge >= 0.3 is 0 Å². The van der Waals surface area contributed by atoms with Crippen LogP contribution < -0.4 is 0 Å². The smallest absolute Gasteiger partial charge is 0.0807 e. The Morgan fingerprint density at radius 1 is 1.38 bits per heavy atom. The van der Waals surface area contributed by atoms with E-state index in [1.165, 1.54) is 18.4 Å². The van der Waals surface area contributed by atoms with Crippen molar-refractivity contribution in [3.8, 4) is 0 Å². The molecule has 0 fully saturated rings. The lowest BCUT2D eigenvalue weighted by Crippen LogP contribution is -2.28. The maximum Gasteiger partial charge on any atom is 0.0807 e. The Bertz CT molecular complexity index is 187. The second-order valence-corrected chi connectivity index (χ2v) is 4.63. The summed E-state index contributed by atoms with van der Waals surface area (Å²) in [6, 6.07) is 0. The van der Waals surface area contributed by atoms with Crippen LogP contribution in [0.5, 0.6) is 0 Å². The highest BCUT2D eigenvalue weighted by molar-refractivity contribution is 6.22. The van der Waals surface area contributed by atoms with Crippen LogP contribution in [0.25, 0.3) is 0 Å². The van der Waals surface area contributed by atoms with Gasteiger partial charge in [0.15, 0.2) is 0 Å². The molecule has 1 rings (SSSR count). The second-order valence-electron chi connectivity index (χ2n) is 4.16. The number of hydrogen-bond donors (Lipinski definition) is 1. The highest BCUT2D eigenvalue weighted by Crippen LogP contribution is 2.27. The maximum atomic E-state index is 9.77.